The van der Waals surface area contributed by atoms with E-state index in [9.17, 15) is 0 Å². The number of aliphatic imine (C=N–C) groups is 1. The first kappa shape index (κ1) is 14.5. The molecule has 0 aromatic heterocycles. The van der Waals surface area contributed by atoms with Gasteiger partial charge in [0.2, 0.25) is 0 Å². The molecule has 2 N–H and O–H groups in total. The molecule has 90 valence electrons. The van der Waals surface area contributed by atoms with E-state index in [1.54, 1.807) is 7.05 Å². The summed E-state index contributed by atoms with van der Waals surface area (Å²) in [7, 11) is 1.74. The highest BCUT2D eigenvalue weighted by atomic mass is 15.1. The molecule has 16 heavy (non-hydrogen) atoms. The van der Waals surface area contributed by atoms with Gasteiger partial charge in [-0.05, 0) is 19.0 Å². The number of hydrogen-bond acceptors (Lipinski definition) is 2. The summed E-state index contributed by atoms with van der Waals surface area (Å²) >= 11 is 0. The second kappa shape index (κ2) is 7.74. The first-order valence-electron chi connectivity index (χ1n) is 5.46. The van der Waals surface area contributed by atoms with Crippen molar-refractivity contribution in [3.05, 3.63) is 38.6 Å². The van der Waals surface area contributed by atoms with Crippen LogP contribution in [0.3, 0.4) is 0 Å². The van der Waals surface area contributed by atoms with Crippen LogP contribution in [0, 0.1) is 5.92 Å². The molecule has 0 saturated carbocycles. The van der Waals surface area contributed by atoms with Crippen LogP contribution in [0.25, 0.3) is 0 Å². The van der Waals surface area contributed by atoms with E-state index in [4.69, 9.17) is 5.73 Å². The molecule has 0 spiro atoms. The molecule has 1 fully saturated rings. The van der Waals surface area contributed by atoms with Gasteiger partial charge in [0.05, 0.1) is 5.84 Å². The molecule has 1 aliphatic rings. The summed E-state index contributed by atoms with van der Waals surface area (Å²) in [5.41, 5.74) is 5.81. The van der Waals surface area contributed by atoms with Crippen molar-refractivity contribution in [1.82, 2.24) is 4.90 Å². The molecule has 0 amide bonds. The standard InChI is InChI=1S/C11H19N3.C2H4/c1-4-10-7-6-9(11(12)13-3)8-14(10)5-2;1-2/h4-5,9-10H,1-2,6-8H2,3H3,(H2,12,13);1-2H2/t9-,10+;/m1./s1. The van der Waals surface area contributed by atoms with E-state index >= 15 is 0 Å². The molecule has 1 heterocycles. The van der Waals surface area contributed by atoms with Gasteiger partial charge in [0.15, 0.2) is 0 Å². The third-order valence-corrected chi connectivity index (χ3v) is 2.85. The molecule has 3 heteroatoms. The molecular formula is C13H23N3. The van der Waals surface area contributed by atoms with Crippen molar-refractivity contribution in [3.8, 4) is 0 Å². The quantitative estimate of drug-likeness (QED) is 0.451. The van der Waals surface area contributed by atoms with Gasteiger partial charge in [0, 0.05) is 25.6 Å². The summed E-state index contributed by atoms with van der Waals surface area (Å²) in [6.07, 6.45) is 6.00. The van der Waals surface area contributed by atoms with Crippen LogP contribution in [0.5, 0.6) is 0 Å². The van der Waals surface area contributed by atoms with Gasteiger partial charge in [0.25, 0.3) is 0 Å². The van der Waals surface area contributed by atoms with Gasteiger partial charge >= 0.3 is 0 Å². The maximum atomic E-state index is 5.81. The van der Waals surface area contributed by atoms with Crippen LogP contribution in [-0.2, 0) is 0 Å². The fourth-order valence-corrected chi connectivity index (χ4v) is 1.91. The average Bonchev–Trinajstić information content (AvgIpc) is 2.39. The largest absolute Gasteiger partial charge is 0.387 e. The van der Waals surface area contributed by atoms with E-state index in [0.717, 1.165) is 25.2 Å². The average molecular weight is 221 g/mol. The van der Waals surface area contributed by atoms with E-state index in [2.05, 4.69) is 36.2 Å². The van der Waals surface area contributed by atoms with Crippen LogP contribution < -0.4 is 5.73 Å². The van der Waals surface area contributed by atoms with Crippen LogP contribution in [0.2, 0.25) is 0 Å². The Morgan fingerprint density at radius 3 is 2.44 bits per heavy atom. The van der Waals surface area contributed by atoms with Crippen molar-refractivity contribution >= 4 is 5.84 Å². The highest BCUT2D eigenvalue weighted by Gasteiger charge is 2.25. The van der Waals surface area contributed by atoms with Crippen LogP contribution in [0.15, 0.2) is 43.6 Å². The molecule has 0 bridgehead atoms. The molecule has 3 nitrogen and oxygen atoms in total. The lowest BCUT2D eigenvalue weighted by molar-refractivity contribution is 0.224. The summed E-state index contributed by atoms with van der Waals surface area (Å²) in [5, 5.41) is 0. The van der Waals surface area contributed by atoms with E-state index in [-0.39, 0.29) is 0 Å². The van der Waals surface area contributed by atoms with Gasteiger partial charge in [-0.1, -0.05) is 12.7 Å². The Hall–Kier alpha value is -1.51. The Bertz CT molecular complexity index is 258. The van der Waals surface area contributed by atoms with Crippen molar-refractivity contribution in [2.24, 2.45) is 16.6 Å². The second-order valence-electron chi connectivity index (χ2n) is 3.61. The fraction of sp³-hybridized carbons (Fsp3) is 0.462. The van der Waals surface area contributed by atoms with Crippen molar-refractivity contribution in [3.63, 3.8) is 0 Å². The van der Waals surface area contributed by atoms with E-state index in [1.165, 1.54) is 0 Å². The highest BCUT2D eigenvalue weighted by Crippen LogP contribution is 2.22. The minimum Gasteiger partial charge on any atom is -0.387 e. The third kappa shape index (κ3) is 3.57. The lowest BCUT2D eigenvalue weighted by Gasteiger charge is -2.37. The van der Waals surface area contributed by atoms with Gasteiger partial charge in [-0.2, -0.15) is 0 Å². The lowest BCUT2D eigenvalue weighted by atomic mass is 9.92. The first-order chi connectivity index (χ1) is 7.72. The zero-order chi connectivity index (χ0) is 12.6. The topological polar surface area (TPSA) is 41.6 Å². The molecule has 2 atom stereocenters. The second-order valence-corrected chi connectivity index (χ2v) is 3.61. The third-order valence-electron chi connectivity index (χ3n) is 2.85. The molecule has 1 saturated heterocycles. The lowest BCUT2D eigenvalue weighted by Crippen LogP contribution is -2.43. The van der Waals surface area contributed by atoms with Crippen molar-refractivity contribution in [1.29, 1.82) is 0 Å². The maximum Gasteiger partial charge on any atom is 0.0982 e. The van der Waals surface area contributed by atoms with Gasteiger partial charge in [-0.3, -0.25) is 4.99 Å². The van der Waals surface area contributed by atoms with Crippen molar-refractivity contribution in [2.75, 3.05) is 13.6 Å². The number of hydrogen-bond donors (Lipinski definition) is 1. The van der Waals surface area contributed by atoms with Crippen LogP contribution in [0.4, 0.5) is 0 Å². The summed E-state index contributed by atoms with van der Waals surface area (Å²) in [6.45, 7) is 14.5. The molecule has 0 radical (unpaired) electrons. The first-order valence-corrected chi connectivity index (χ1v) is 5.46. The molecule has 0 aliphatic carbocycles. The normalized spacial score (nSPS) is 25.3. The molecule has 0 unspecified atom stereocenters. The molecule has 0 aromatic rings. The number of nitrogens with two attached hydrogens (primary N) is 1. The zero-order valence-corrected chi connectivity index (χ0v) is 10.2. The Kier molecular flexibility index (Phi) is 7.01. The number of rotatable bonds is 3. The SMILES string of the molecule is C=C.C=C[C@H]1CC[C@@H](C(N)=NC)CN1C=C. The Morgan fingerprint density at radius 1 is 1.38 bits per heavy atom. The Balaban J connectivity index is 0.00000106. The Morgan fingerprint density at radius 2 is 2.00 bits per heavy atom. The predicted molar refractivity (Wildman–Crippen MR) is 72.4 cm³/mol. The zero-order valence-electron chi connectivity index (χ0n) is 10.2. The smallest absolute Gasteiger partial charge is 0.0982 e. The minimum absolute atomic E-state index is 0.370. The van der Waals surface area contributed by atoms with E-state index in [0.29, 0.717) is 12.0 Å². The molecule has 1 rings (SSSR count). The van der Waals surface area contributed by atoms with Crippen LogP contribution in [-0.4, -0.2) is 30.4 Å². The van der Waals surface area contributed by atoms with Gasteiger partial charge < -0.3 is 10.6 Å². The molecule has 1 aliphatic heterocycles. The summed E-state index contributed by atoms with van der Waals surface area (Å²) in [5.74, 6) is 1.12. The number of likely N-dealkylation sites (tertiary alicyclic amines) is 1. The summed E-state index contributed by atoms with van der Waals surface area (Å²) in [6, 6.07) is 0.411. The predicted octanol–water partition coefficient (Wildman–Crippen LogP) is 2.19. The Labute approximate surface area is 99.0 Å². The fourth-order valence-electron chi connectivity index (χ4n) is 1.91. The van der Waals surface area contributed by atoms with Gasteiger partial charge in [-0.15, -0.1) is 19.7 Å². The number of piperidine rings is 1. The summed E-state index contributed by atoms with van der Waals surface area (Å²) in [4.78, 5) is 6.22. The minimum atomic E-state index is 0.370. The van der Waals surface area contributed by atoms with Crippen LogP contribution >= 0.6 is 0 Å². The van der Waals surface area contributed by atoms with Gasteiger partial charge in [-0.25, -0.2) is 0 Å². The van der Waals surface area contributed by atoms with Gasteiger partial charge in [0.1, 0.15) is 0 Å². The monoisotopic (exact) mass is 221 g/mol. The summed E-state index contributed by atoms with van der Waals surface area (Å²) < 4.78 is 0. The van der Waals surface area contributed by atoms with Crippen LogP contribution in [0.1, 0.15) is 12.8 Å². The number of nitrogens with zero attached hydrogens (tertiary/aromatic N) is 2. The van der Waals surface area contributed by atoms with E-state index in [1.807, 2.05) is 12.3 Å². The highest BCUT2D eigenvalue weighted by molar-refractivity contribution is 5.83. The molecule has 0 aromatic carbocycles. The van der Waals surface area contributed by atoms with E-state index < -0.39 is 0 Å². The number of amidine groups is 1. The molecular weight excluding hydrogens is 198 g/mol. The maximum absolute atomic E-state index is 5.81. The van der Waals surface area contributed by atoms with Crippen molar-refractivity contribution < 1.29 is 0 Å². The van der Waals surface area contributed by atoms with Crippen molar-refractivity contribution in [2.45, 2.75) is 18.9 Å².